The molecule has 0 aliphatic carbocycles. The molecule has 0 saturated heterocycles. The molecule has 0 aliphatic rings. The summed E-state index contributed by atoms with van der Waals surface area (Å²) in [6, 6.07) is 6.02. The monoisotopic (exact) mass is 245 g/mol. The Morgan fingerprint density at radius 3 is 3.00 bits per heavy atom. The molecule has 1 heterocycles. The Balaban J connectivity index is 2.17. The summed E-state index contributed by atoms with van der Waals surface area (Å²) in [6.07, 6.45) is 1.19. The summed E-state index contributed by atoms with van der Waals surface area (Å²) < 4.78 is 4.55. The van der Waals surface area contributed by atoms with Crippen LogP contribution in [0.1, 0.15) is 11.4 Å². The highest BCUT2D eigenvalue weighted by atomic mass is 16.6. The van der Waals surface area contributed by atoms with Crippen molar-refractivity contribution >= 4 is 11.4 Å². The molecule has 1 N–H and O–H groups in total. The standard InChI is InChI=1S/C10H7N5O3/c11-4-7-1-2-8(3-9(7)15(16)17)12-5-10-13-6-18-14-10/h1-3,6,12H,5H2. The number of nitro benzene ring substituents is 1. The summed E-state index contributed by atoms with van der Waals surface area (Å²) in [6.45, 7) is 0.277. The topological polar surface area (TPSA) is 118 Å². The van der Waals surface area contributed by atoms with E-state index in [0.29, 0.717) is 11.5 Å². The van der Waals surface area contributed by atoms with Gasteiger partial charge >= 0.3 is 0 Å². The van der Waals surface area contributed by atoms with Crippen LogP contribution >= 0.6 is 0 Å². The van der Waals surface area contributed by atoms with Crippen LogP contribution in [0.25, 0.3) is 0 Å². The van der Waals surface area contributed by atoms with Gasteiger partial charge in [-0.05, 0) is 12.1 Å². The van der Waals surface area contributed by atoms with Crippen molar-refractivity contribution in [3.8, 4) is 6.07 Å². The van der Waals surface area contributed by atoms with Crippen LogP contribution in [0, 0.1) is 21.4 Å². The first-order chi connectivity index (χ1) is 8.70. The largest absolute Gasteiger partial charge is 0.377 e. The maximum Gasteiger partial charge on any atom is 0.289 e. The van der Waals surface area contributed by atoms with Crippen molar-refractivity contribution in [2.75, 3.05) is 5.32 Å². The predicted molar refractivity (Wildman–Crippen MR) is 59.4 cm³/mol. The van der Waals surface area contributed by atoms with Crippen LogP contribution in [0.15, 0.2) is 29.1 Å². The van der Waals surface area contributed by atoms with E-state index in [2.05, 4.69) is 20.0 Å². The summed E-state index contributed by atoms with van der Waals surface area (Å²) in [7, 11) is 0. The Labute approximate surface area is 101 Å². The lowest BCUT2D eigenvalue weighted by atomic mass is 10.2. The molecular formula is C10H7N5O3. The van der Waals surface area contributed by atoms with E-state index in [-0.39, 0.29) is 17.8 Å². The van der Waals surface area contributed by atoms with E-state index in [4.69, 9.17) is 5.26 Å². The van der Waals surface area contributed by atoms with Gasteiger partial charge < -0.3 is 9.84 Å². The Morgan fingerprint density at radius 1 is 1.56 bits per heavy atom. The van der Waals surface area contributed by atoms with Gasteiger partial charge in [0.2, 0.25) is 6.39 Å². The Hall–Kier alpha value is -2.95. The van der Waals surface area contributed by atoms with Crippen LogP contribution in [0.5, 0.6) is 0 Å². The molecule has 0 unspecified atom stereocenters. The third-order valence-electron chi connectivity index (χ3n) is 2.17. The second kappa shape index (κ2) is 4.92. The zero-order valence-electron chi connectivity index (χ0n) is 9.03. The molecule has 0 radical (unpaired) electrons. The van der Waals surface area contributed by atoms with Gasteiger partial charge in [0, 0.05) is 11.8 Å². The molecule has 0 saturated carbocycles. The van der Waals surface area contributed by atoms with Gasteiger partial charge in [-0.1, -0.05) is 5.16 Å². The number of aromatic nitrogens is 2. The minimum Gasteiger partial charge on any atom is -0.377 e. The molecule has 18 heavy (non-hydrogen) atoms. The molecule has 0 aliphatic heterocycles. The molecule has 2 aromatic rings. The van der Waals surface area contributed by atoms with E-state index >= 15 is 0 Å². The van der Waals surface area contributed by atoms with Crippen molar-refractivity contribution in [3.63, 3.8) is 0 Å². The molecule has 1 aromatic carbocycles. The molecule has 2 rings (SSSR count). The van der Waals surface area contributed by atoms with Gasteiger partial charge in [0.25, 0.3) is 5.69 Å². The number of anilines is 1. The SMILES string of the molecule is N#Cc1ccc(NCc2ncon2)cc1[N+](=O)[O-]. The zero-order valence-corrected chi connectivity index (χ0v) is 9.03. The van der Waals surface area contributed by atoms with Gasteiger partial charge in [-0.25, -0.2) is 0 Å². The van der Waals surface area contributed by atoms with Crippen LogP contribution in [0.2, 0.25) is 0 Å². The van der Waals surface area contributed by atoms with Crippen LogP contribution in [-0.4, -0.2) is 15.1 Å². The van der Waals surface area contributed by atoms with Gasteiger partial charge in [0.15, 0.2) is 5.82 Å². The lowest BCUT2D eigenvalue weighted by molar-refractivity contribution is -0.385. The minimum absolute atomic E-state index is 0.0186. The van der Waals surface area contributed by atoms with E-state index in [0.717, 1.165) is 0 Å². The number of rotatable bonds is 4. The quantitative estimate of drug-likeness (QED) is 0.639. The molecule has 0 amide bonds. The van der Waals surface area contributed by atoms with Crippen LogP contribution < -0.4 is 5.32 Å². The maximum absolute atomic E-state index is 10.8. The second-order valence-corrected chi connectivity index (χ2v) is 3.30. The molecule has 8 nitrogen and oxygen atoms in total. The van der Waals surface area contributed by atoms with Gasteiger partial charge in [-0.15, -0.1) is 0 Å². The average molecular weight is 245 g/mol. The zero-order chi connectivity index (χ0) is 13.0. The van der Waals surface area contributed by atoms with E-state index in [1.165, 1.54) is 18.5 Å². The van der Waals surface area contributed by atoms with Crippen molar-refractivity contribution in [1.29, 1.82) is 5.26 Å². The highest BCUT2D eigenvalue weighted by Gasteiger charge is 2.14. The molecular weight excluding hydrogens is 238 g/mol. The smallest absolute Gasteiger partial charge is 0.289 e. The molecule has 90 valence electrons. The molecule has 0 fully saturated rings. The third-order valence-corrected chi connectivity index (χ3v) is 2.17. The normalized spacial score (nSPS) is 9.72. The summed E-state index contributed by atoms with van der Waals surface area (Å²) in [4.78, 5) is 13.9. The van der Waals surface area contributed by atoms with Gasteiger partial charge in [0.1, 0.15) is 11.6 Å². The van der Waals surface area contributed by atoms with Crippen molar-refractivity contribution < 1.29 is 9.45 Å². The maximum atomic E-state index is 10.8. The summed E-state index contributed by atoms with van der Waals surface area (Å²) in [5.41, 5.74) is 0.284. The van der Waals surface area contributed by atoms with Crippen molar-refractivity contribution in [2.45, 2.75) is 6.54 Å². The number of hydrogen-bond acceptors (Lipinski definition) is 7. The highest BCUT2D eigenvalue weighted by Crippen LogP contribution is 2.22. The summed E-state index contributed by atoms with van der Waals surface area (Å²) in [5.74, 6) is 0.432. The molecule has 1 aromatic heterocycles. The number of nitriles is 1. The first kappa shape index (κ1) is 11.5. The molecule has 0 spiro atoms. The first-order valence-electron chi connectivity index (χ1n) is 4.88. The number of nitrogens with zero attached hydrogens (tertiary/aromatic N) is 4. The second-order valence-electron chi connectivity index (χ2n) is 3.30. The van der Waals surface area contributed by atoms with Crippen molar-refractivity contribution in [3.05, 3.63) is 46.1 Å². The summed E-state index contributed by atoms with van der Waals surface area (Å²) >= 11 is 0. The number of nitrogens with one attached hydrogen (secondary N) is 1. The molecule has 0 bridgehead atoms. The van der Waals surface area contributed by atoms with Crippen LogP contribution in [0.4, 0.5) is 11.4 Å². The van der Waals surface area contributed by atoms with E-state index in [1.807, 2.05) is 0 Å². The molecule has 0 atom stereocenters. The van der Waals surface area contributed by atoms with Crippen LogP contribution in [0.3, 0.4) is 0 Å². The fourth-order valence-electron chi connectivity index (χ4n) is 1.34. The lowest BCUT2D eigenvalue weighted by Crippen LogP contribution is -2.02. The Morgan fingerprint density at radius 2 is 2.39 bits per heavy atom. The van der Waals surface area contributed by atoms with E-state index < -0.39 is 4.92 Å². The fourth-order valence-corrected chi connectivity index (χ4v) is 1.34. The highest BCUT2D eigenvalue weighted by molar-refractivity contribution is 5.59. The van der Waals surface area contributed by atoms with Crippen molar-refractivity contribution in [2.24, 2.45) is 0 Å². The third kappa shape index (κ3) is 2.41. The van der Waals surface area contributed by atoms with E-state index in [9.17, 15) is 10.1 Å². The van der Waals surface area contributed by atoms with Gasteiger partial charge in [-0.3, -0.25) is 10.1 Å². The number of hydrogen-bond donors (Lipinski definition) is 1. The van der Waals surface area contributed by atoms with Gasteiger partial charge in [-0.2, -0.15) is 10.2 Å². The van der Waals surface area contributed by atoms with Crippen LogP contribution in [-0.2, 0) is 6.54 Å². The predicted octanol–water partition coefficient (Wildman–Crippen LogP) is 1.46. The Kier molecular flexibility index (Phi) is 3.15. The summed E-state index contributed by atoms with van der Waals surface area (Å²) in [5, 5.41) is 26.0. The lowest BCUT2D eigenvalue weighted by Gasteiger charge is -2.03. The average Bonchev–Trinajstić information content (AvgIpc) is 2.89. The van der Waals surface area contributed by atoms with Crippen molar-refractivity contribution in [1.82, 2.24) is 10.1 Å². The van der Waals surface area contributed by atoms with Gasteiger partial charge in [0.05, 0.1) is 11.5 Å². The molecule has 8 heteroatoms. The number of nitro groups is 1. The minimum atomic E-state index is -0.599. The Bertz CT molecular complexity index is 602. The fraction of sp³-hybridized carbons (Fsp3) is 0.100. The first-order valence-corrected chi connectivity index (χ1v) is 4.88. The number of benzene rings is 1. The van der Waals surface area contributed by atoms with E-state index in [1.54, 1.807) is 12.1 Å².